The fourth-order valence-electron chi connectivity index (χ4n) is 1.39. The minimum Gasteiger partial charge on any atom is -0.453 e. The van der Waals surface area contributed by atoms with Gasteiger partial charge in [0.1, 0.15) is 0 Å². The lowest BCUT2D eigenvalue weighted by Crippen LogP contribution is -2.56. The molecular formula is C8H16N2O2. The fraction of sp³-hybridized carbons (Fsp3) is 0.875. The highest BCUT2D eigenvalue weighted by molar-refractivity contribution is 5.68. The zero-order valence-electron chi connectivity index (χ0n) is 7.83. The highest BCUT2D eigenvalue weighted by Gasteiger charge is 2.26. The summed E-state index contributed by atoms with van der Waals surface area (Å²) in [5.74, 6) is 0. The third kappa shape index (κ3) is 1.88. The van der Waals surface area contributed by atoms with E-state index in [1.54, 1.807) is 4.90 Å². The van der Waals surface area contributed by atoms with Gasteiger partial charge in [0.15, 0.2) is 0 Å². The zero-order valence-corrected chi connectivity index (χ0v) is 7.83. The summed E-state index contributed by atoms with van der Waals surface area (Å²) >= 11 is 0. The summed E-state index contributed by atoms with van der Waals surface area (Å²) in [7, 11) is 1.42. The number of nitrogens with zero attached hydrogens (tertiary/aromatic N) is 1. The van der Waals surface area contributed by atoms with Gasteiger partial charge in [-0.15, -0.1) is 0 Å². The number of piperazine rings is 1. The molecule has 4 nitrogen and oxygen atoms in total. The average molecular weight is 172 g/mol. The summed E-state index contributed by atoms with van der Waals surface area (Å²) < 4.78 is 4.67. The topological polar surface area (TPSA) is 41.6 Å². The Kier molecular flexibility index (Phi) is 2.92. The van der Waals surface area contributed by atoms with Gasteiger partial charge in [-0.3, -0.25) is 0 Å². The van der Waals surface area contributed by atoms with E-state index in [1.807, 2.05) is 6.92 Å². The van der Waals surface area contributed by atoms with Crippen molar-refractivity contribution in [1.82, 2.24) is 10.2 Å². The van der Waals surface area contributed by atoms with Gasteiger partial charge in [-0.05, 0) is 13.8 Å². The molecule has 1 N–H and O–H groups in total. The van der Waals surface area contributed by atoms with Crippen LogP contribution in [0.3, 0.4) is 0 Å². The van der Waals surface area contributed by atoms with Crippen LogP contribution in [-0.2, 0) is 4.74 Å². The van der Waals surface area contributed by atoms with Gasteiger partial charge in [0, 0.05) is 25.2 Å². The van der Waals surface area contributed by atoms with Crippen LogP contribution in [0.1, 0.15) is 13.8 Å². The van der Waals surface area contributed by atoms with E-state index in [0.29, 0.717) is 6.04 Å². The van der Waals surface area contributed by atoms with Crippen LogP contribution >= 0.6 is 0 Å². The Morgan fingerprint density at radius 2 is 2.25 bits per heavy atom. The molecule has 4 heteroatoms. The van der Waals surface area contributed by atoms with Crippen molar-refractivity contribution < 1.29 is 9.53 Å². The van der Waals surface area contributed by atoms with E-state index in [4.69, 9.17) is 0 Å². The van der Waals surface area contributed by atoms with Crippen molar-refractivity contribution >= 4 is 6.09 Å². The first kappa shape index (κ1) is 9.32. The van der Waals surface area contributed by atoms with Crippen LogP contribution < -0.4 is 5.32 Å². The van der Waals surface area contributed by atoms with E-state index in [-0.39, 0.29) is 12.1 Å². The minimum atomic E-state index is -0.226. The van der Waals surface area contributed by atoms with Gasteiger partial charge in [-0.2, -0.15) is 0 Å². The molecule has 2 unspecified atom stereocenters. The van der Waals surface area contributed by atoms with Crippen LogP contribution in [0.5, 0.6) is 0 Å². The monoisotopic (exact) mass is 172 g/mol. The molecule has 1 rings (SSSR count). The van der Waals surface area contributed by atoms with Crippen LogP contribution in [0.15, 0.2) is 0 Å². The molecule has 0 radical (unpaired) electrons. The van der Waals surface area contributed by atoms with E-state index in [1.165, 1.54) is 7.11 Å². The minimum absolute atomic E-state index is 0.226. The molecule has 0 aromatic carbocycles. The number of amides is 1. The van der Waals surface area contributed by atoms with Crippen LogP contribution in [0.2, 0.25) is 0 Å². The van der Waals surface area contributed by atoms with E-state index >= 15 is 0 Å². The number of ether oxygens (including phenoxy) is 1. The molecule has 0 aliphatic carbocycles. The number of nitrogens with one attached hydrogen (secondary N) is 1. The van der Waals surface area contributed by atoms with Gasteiger partial charge < -0.3 is 15.0 Å². The summed E-state index contributed by atoms with van der Waals surface area (Å²) in [5, 5.41) is 3.29. The lowest BCUT2D eigenvalue weighted by molar-refractivity contribution is 0.0899. The van der Waals surface area contributed by atoms with Crippen LogP contribution in [-0.4, -0.2) is 43.3 Å². The molecule has 0 bridgehead atoms. The van der Waals surface area contributed by atoms with E-state index in [0.717, 1.165) is 13.1 Å². The van der Waals surface area contributed by atoms with Crippen molar-refractivity contribution in [3.63, 3.8) is 0 Å². The largest absolute Gasteiger partial charge is 0.453 e. The maximum absolute atomic E-state index is 11.2. The zero-order chi connectivity index (χ0) is 9.14. The highest BCUT2D eigenvalue weighted by Crippen LogP contribution is 2.07. The number of carbonyl (C=O) groups is 1. The molecule has 0 saturated carbocycles. The smallest absolute Gasteiger partial charge is 0.409 e. The predicted molar refractivity (Wildman–Crippen MR) is 46.0 cm³/mol. The van der Waals surface area contributed by atoms with Gasteiger partial charge in [0.2, 0.25) is 0 Å². The van der Waals surface area contributed by atoms with E-state index < -0.39 is 0 Å². The third-order valence-electron chi connectivity index (χ3n) is 2.17. The quantitative estimate of drug-likeness (QED) is 0.576. The van der Waals surface area contributed by atoms with Crippen molar-refractivity contribution in [2.24, 2.45) is 0 Å². The Morgan fingerprint density at radius 3 is 2.83 bits per heavy atom. The second kappa shape index (κ2) is 3.76. The Morgan fingerprint density at radius 1 is 1.58 bits per heavy atom. The standard InChI is InChI=1S/C8H16N2O2/c1-6-5-10(8(11)12-3)7(2)4-9-6/h6-7,9H,4-5H2,1-3H3. The molecule has 0 aromatic rings. The number of hydrogen-bond donors (Lipinski definition) is 1. The summed E-state index contributed by atoms with van der Waals surface area (Å²) in [4.78, 5) is 12.9. The summed E-state index contributed by atoms with van der Waals surface area (Å²) in [5.41, 5.74) is 0. The number of carbonyl (C=O) groups excluding carboxylic acids is 1. The molecule has 2 atom stereocenters. The molecule has 1 fully saturated rings. The van der Waals surface area contributed by atoms with Gasteiger partial charge in [-0.25, -0.2) is 4.79 Å². The Bertz CT molecular complexity index is 172. The lowest BCUT2D eigenvalue weighted by atomic mass is 10.1. The molecule has 70 valence electrons. The average Bonchev–Trinajstić information content (AvgIpc) is 2.08. The molecule has 0 spiro atoms. The van der Waals surface area contributed by atoms with Crippen LogP contribution in [0.4, 0.5) is 4.79 Å². The maximum atomic E-state index is 11.2. The van der Waals surface area contributed by atoms with Crippen molar-refractivity contribution in [2.45, 2.75) is 25.9 Å². The molecule has 1 aliphatic heterocycles. The first-order chi connectivity index (χ1) is 5.65. The molecule has 12 heavy (non-hydrogen) atoms. The SMILES string of the molecule is COC(=O)N1CC(C)NCC1C. The summed E-state index contributed by atoms with van der Waals surface area (Å²) in [6, 6.07) is 0.592. The van der Waals surface area contributed by atoms with Gasteiger partial charge in [0.25, 0.3) is 0 Å². The lowest BCUT2D eigenvalue weighted by Gasteiger charge is -2.36. The normalized spacial score (nSPS) is 30.1. The van der Waals surface area contributed by atoms with Gasteiger partial charge >= 0.3 is 6.09 Å². The summed E-state index contributed by atoms with van der Waals surface area (Å²) in [6.07, 6.45) is -0.226. The van der Waals surface area contributed by atoms with E-state index in [9.17, 15) is 4.79 Å². The molecule has 1 saturated heterocycles. The molecule has 1 amide bonds. The van der Waals surface area contributed by atoms with Crippen molar-refractivity contribution in [2.75, 3.05) is 20.2 Å². The second-order valence-corrected chi connectivity index (χ2v) is 3.28. The van der Waals surface area contributed by atoms with E-state index in [2.05, 4.69) is 17.0 Å². The van der Waals surface area contributed by atoms with Crippen molar-refractivity contribution in [3.05, 3.63) is 0 Å². The fourth-order valence-corrected chi connectivity index (χ4v) is 1.39. The Balaban J connectivity index is 2.54. The molecule has 1 aliphatic rings. The second-order valence-electron chi connectivity index (χ2n) is 3.28. The number of methoxy groups -OCH3 is 1. The highest BCUT2D eigenvalue weighted by atomic mass is 16.5. The maximum Gasteiger partial charge on any atom is 0.409 e. The van der Waals surface area contributed by atoms with Gasteiger partial charge in [-0.1, -0.05) is 0 Å². The van der Waals surface area contributed by atoms with Crippen LogP contribution in [0, 0.1) is 0 Å². The molecule has 1 heterocycles. The van der Waals surface area contributed by atoms with Crippen molar-refractivity contribution in [1.29, 1.82) is 0 Å². The third-order valence-corrected chi connectivity index (χ3v) is 2.17. The van der Waals surface area contributed by atoms with Gasteiger partial charge in [0.05, 0.1) is 7.11 Å². The summed E-state index contributed by atoms with van der Waals surface area (Å²) in [6.45, 7) is 5.64. The Labute approximate surface area is 72.9 Å². The predicted octanol–water partition coefficient (Wildman–Crippen LogP) is 0.435. The molecule has 0 aromatic heterocycles. The number of hydrogen-bond acceptors (Lipinski definition) is 3. The first-order valence-electron chi connectivity index (χ1n) is 4.23. The van der Waals surface area contributed by atoms with Crippen molar-refractivity contribution in [3.8, 4) is 0 Å². The number of rotatable bonds is 0. The Hall–Kier alpha value is -0.770. The first-order valence-corrected chi connectivity index (χ1v) is 4.23. The molecular weight excluding hydrogens is 156 g/mol. The van der Waals surface area contributed by atoms with Crippen LogP contribution in [0.25, 0.3) is 0 Å².